The van der Waals surface area contributed by atoms with Crippen LogP contribution in [-0.2, 0) is 0 Å². The number of aliphatic hydroxyl groups is 1. The van der Waals surface area contributed by atoms with Crippen LogP contribution in [0.1, 0.15) is 31.2 Å². The highest BCUT2D eigenvalue weighted by Gasteiger charge is 1.96. The van der Waals surface area contributed by atoms with E-state index in [0.29, 0.717) is 6.61 Å². The Morgan fingerprint density at radius 2 is 1.94 bits per heavy atom. The maximum absolute atomic E-state index is 8.63. The van der Waals surface area contributed by atoms with Crippen LogP contribution in [-0.4, -0.2) is 18.3 Å². The number of unbranched alkanes of at least 4 members (excludes halogenated alkanes) is 3. The van der Waals surface area contributed by atoms with Crippen LogP contribution in [0, 0.1) is 6.92 Å². The van der Waals surface area contributed by atoms with Crippen molar-refractivity contribution in [2.45, 2.75) is 32.6 Å². The number of benzene rings is 1. The fourth-order valence-electron chi connectivity index (χ4n) is 1.61. The van der Waals surface area contributed by atoms with E-state index in [0.717, 1.165) is 42.7 Å². The number of hydrogen-bond donors (Lipinski definition) is 3. The molecule has 0 fully saturated rings. The van der Waals surface area contributed by atoms with Crippen LogP contribution in [0.3, 0.4) is 0 Å². The van der Waals surface area contributed by atoms with Crippen molar-refractivity contribution in [1.29, 1.82) is 0 Å². The first-order chi connectivity index (χ1) is 7.74. The van der Waals surface area contributed by atoms with Gasteiger partial charge in [0.1, 0.15) is 0 Å². The van der Waals surface area contributed by atoms with Crippen LogP contribution >= 0.6 is 0 Å². The number of hydrogen-bond acceptors (Lipinski definition) is 3. The lowest BCUT2D eigenvalue weighted by Gasteiger charge is -2.08. The zero-order chi connectivity index (χ0) is 11.8. The van der Waals surface area contributed by atoms with E-state index in [1.807, 2.05) is 19.1 Å². The Morgan fingerprint density at radius 3 is 2.62 bits per heavy atom. The van der Waals surface area contributed by atoms with E-state index in [-0.39, 0.29) is 0 Å². The van der Waals surface area contributed by atoms with Crippen molar-refractivity contribution in [3.8, 4) is 0 Å². The molecule has 0 radical (unpaired) electrons. The van der Waals surface area contributed by atoms with Gasteiger partial charge in [-0.15, -0.1) is 0 Å². The number of rotatable bonds is 7. The number of anilines is 2. The molecule has 0 aliphatic rings. The predicted octanol–water partition coefficient (Wildman–Crippen LogP) is 2.54. The van der Waals surface area contributed by atoms with Crippen LogP contribution < -0.4 is 11.1 Å². The highest BCUT2D eigenvalue weighted by Crippen LogP contribution is 2.16. The van der Waals surface area contributed by atoms with Crippen molar-refractivity contribution < 1.29 is 5.11 Å². The van der Waals surface area contributed by atoms with Gasteiger partial charge in [0.25, 0.3) is 0 Å². The minimum atomic E-state index is 0.310. The largest absolute Gasteiger partial charge is 0.399 e. The van der Waals surface area contributed by atoms with E-state index in [1.165, 1.54) is 6.42 Å². The molecule has 0 heterocycles. The molecule has 0 unspecified atom stereocenters. The van der Waals surface area contributed by atoms with Crippen LogP contribution in [0.25, 0.3) is 0 Å². The molecule has 3 nitrogen and oxygen atoms in total. The number of nitrogens with two attached hydrogens (primary N) is 1. The Morgan fingerprint density at radius 1 is 1.19 bits per heavy atom. The zero-order valence-electron chi connectivity index (χ0n) is 10.00. The van der Waals surface area contributed by atoms with Crippen molar-refractivity contribution in [3.05, 3.63) is 23.8 Å². The third kappa shape index (κ3) is 4.53. The maximum Gasteiger partial charge on any atom is 0.0431 e. The highest BCUT2D eigenvalue weighted by molar-refractivity contribution is 5.56. The average molecular weight is 222 g/mol. The predicted molar refractivity (Wildman–Crippen MR) is 69.6 cm³/mol. The summed E-state index contributed by atoms with van der Waals surface area (Å²) in [7, 11) is 0. The third-order valence-electron chi connectivity index (χ3n) is 2.68. The first kappa shape index (κ1) is 12.8. The molecule has 4 N–H and O–H groups in total. The van der Waals surface area contributed by atoms with Gasteiger partial charge in [-0.05, 0) is 43.5 Å². The summed E-state index contributed by atoms with van der Waals surface area (Å²) in [6.07, 6.45) is 4.34. The summed E-state index contributed by atoms with van der Waals surface area (Å²) in [6.45, 7) is 3.31. The second-order valence-electron chi connectivity index (χ2n) is 4.14. The van der Waals surface area contributed by atoms with Gasteiger partial charge in [0.2, 0.25) is 0 Å². The van der Waals surface area contributed by atoms with Crippen LogP contribution in [0.15, 0.2) is 18.2 Å². The van der Waals surface area contributed by atoms with Gasteiger partial charge < -0.3 is 16.2 Å². The molecule has 0 amide bonds. The molecular formula is C13H22N2O. The Kier molecular flexibility index (Phi) is 5.72. The summed E-state index contributed by atoms with van der Waals surface area (Å²) < 4.78 is 0. The van der Waals surface area contributed by atoms with Gasteiger partial charge in [0, 0.05) is 24.5 Å². The summed E-state index contributed by atoms with van der Waals surface area (Å²) in [4.78, 5) is 0. The lowest BCUT2D eigenvalue weighted by atomic mass is 10.1. The molecule has 0 aromatic heterocycles. The molecule has 0 atom stereocenters. The first-order valence-corrected chi connectivity index (χ1v) is 5.95. The smallest absolute Gasteiger partial charge is 0.0431 e. The number of nitrogen functional groups attached to an aromatic ring is 1. The summed E-state index contributed by atoms with van der Waals surface area (Å²) in [5.74, 6) is 0. The van der Waals surface area contributed by atoms with Crippen molar-refractivity contribution in [1.82, 2.24) is 0 Å². The van der Waals surface area contributed by atoms with Crippen LogP contribution in [0.4, 0.5) is 11.4 Å². The molecule has 0 spiro atoms. The van der Waals surface area contributed by atoms with E-state index < -0.39 is 0 Å². The lowest BCUT2D eigenvalue weighted by molar-refractivity contribution is 0.283. The minimum absolute atomic E-state index is 0.310. The van der Waals surface area contributed by atoms with E-state index in [2.05, 4.69) is 11.4 Å². The number of aryl methyl sites for hydroxylation is 1. The van der Waals surface area contributed by atoms with Crippen LogP contribution in [0.2, 0.25) is 0 Å². The van der Waals surface area contributed by atoms with Gasteiger partial charge in [-0.2, -0.15) is 0 Å². The van der Waals surface area contributed by atoms with Gasteiger partial charge >= 0.3 is 0 Å². The zero-order valence-corrected chi connectivity index (χ0v) is 10.00. The van der Waals surface area contributed by atoms with E-state index in [1.54, 1.807) is 0 Å². The molecular weight excluding hydrogens is 200 g/mol. The standard InChI is InChI=1S/C13H22N2O/c1-11-10-12(6-7-13(11)14)15-8-4-2-3-5-9-16/h6-7,10,15-16H,2-5,8-9,14H2,1H3. The molecule has 0 aliphatic carbocycles. The minimum Gasteiger partial charge on any atom is -0.399 e. The van der Waals surface area contributed by atoms with Crippen molar-refractivity contribution in [2.75, 3.05) is 24.2 Å². The normalized spacial score (nSPS) is 10.4. The van der Waals surface area contributed by atoms with Crippen LogP contribution in [0.5, 0.6) is 0 Å². The quantitative estimate of drug-likeness (QED) is 0.491. The first-order valence-electron chi connectivity index (χ1n) is 5.95. The topological polar surface area (TPSA) is 58.3 Å². The maximum atomic E-state index is 8.63. The van der Waals surface area contributed by atoms with Gasteiger partial charge in [0.05, 0.1) is 0 Å². The Labute approximate surface area is 97.7 Å². The van der Waals surface area contributed by atoms with Crippen molar-refractivity contribution in [3.63, 3.8) is 0 Å². The molecule has 0 saturated carbocycles. The van der Waals surface area contributed by atoms with E-state index in [9.17, 15) is 0 Å². The Bertz CT molecular complexity index is 313. The summed E-state index contributed by atoms with van der Waals surface area (Å²) >= 11 is 0. The monoisotopic (exact) mass is 222 g/mol. The van der Waals surface area contributed by atoms with Gasteiger partial charge in [-0.3, -0.25) is 0 Å². The second kappa shape index (κ2) is 7.12. The highest BCUT2D eigenvalue weighted by atomic mass is 16.2. The van der Waals surface area contributed by atoms with Crippen molar-refractivity contribution in [2.24, 2.45) is 0 Å². The average Bonchev–Trinajstić information content (AvgIpc) is 2.28. The van der Waals surface area contributed by atoms with E-state index in [4.69, 9.17) is 10.8 Å². The molecule has 1 aromatic rings. The molecule has 3 heteroatoms. The molecule has 0 saturated heterocycles. The Balaban J connectivity index is 2.19. The van der Waals surface area contributed by atoms with Gasteiger partial charge in [0.15, 0.2) is 0 Å². The molecule has 0 aliphatic heterocycles. The summed E-state index contributed by atoms with van der Waals surface area (Å²) in [5, 5.41) is 12.0. The number of aliphatic hydroxyl groups excluding tert-OH is 1. The van der Waals surface area contributed by atoms with Gasteiger partial charge in [-0.1, -0.05) is 12.8 Å². The summed E-state index contributed by atoms with van der Waals surface area (Å²) in [5.41, 5.74) is 8.84. The number of nitrogens with one attached hydrogen (secondary N) is 1. The third-order valence-corrected chi connectivity index (χ3v) is 2.68. The molecule has 1 rings (SSSR count). The van der Waals surface area contributed by atoms with E-state index >= 15 is 0 Å². The molecule has 90 valence electrons. The fraction of sp³-hybridized carbons (Fsp3) is 0.538. The second-order valence-corrected chi connectivity index (χ2v) is 4.14. The van der Waals surface area contributed by atoms with Crippen molar-refractivity contribution >= 4 is 11.4 Å². The van der Waals surface area contributed by atoms with Gasteiger partial charge in [-0.25, -0.2) is 0 Å². The molecule has 0 bridgehead atoms. The molecule has 16 heavy (non-hydrogen) atoms. The summed E-state index contributed by atoms with van der Waals surface area (Å²) in [6, 6.07) is 6.02. The fourth-order valence-corrected chi connectivity index (χ4v) is 1.61. The lowest BCUT2D eigenvalue weighted by Crippen LogP contribution is -2.02. The SMILES string of the molecule is Cc1cc(NCCCCCCO)ccc1N. The Hall–Kier alpha value is -1.22. The molecule has 1 aromatic carbocycles.